The van der Waals surface area contributed by atoms with Crippen LogP contribution >= 0.6 is 0 Å². The standard InChI is InChI=1S/C10H20F3NO2/c1-2-3-6-15-7-4-14-5-8-16-9-10(11,12)13/h14H,2-9H2,1H3. The predicted molar refractivity (Wildman–Crippen MR) is 55.5 cm³/mol. The Bertz CT molecular complexity index is 153. The Kier molecular flexibility index (Phi) is 9.66. The van der Waals surface area contributed by atoms with Gasteiger partial charge in [0, 0.05) is 19.7 Å². The van der Waals surface area contributed by atoms with E-state index in [1.165, 1.54) is 0 Å². The van der Waals surface area contributed by atoms with Gasteiger partial charge in [0.1, 0.15) is 6.61 Å². The normalized spacial score (nSPS) is 12.0. The summed E-state index contributed by atoms with van der Waals surface area (Å²) in [4.78, 5) is 0. The summed E-state index contributed by atoms with van der Waals surface area (Å²) >= 11 is 0. The Morgan fingerprint density at radius 2 is 1.62 bits per heavy atom. The van der Waals surface area contributed by atoms with Crippen molar-refractivity contribution in [3.8, 4) is 0 Å². The van der Waals surface area contributed by atoms with Gasteiger partial charge in [-0.2, -0.15) is 13.2 Å². The molecule has 6 heteroatoms. The van der Waals surface area contributed by atoms with E-state index in [1.807, 2.05) is 0 Å². The van der Waals surface area contributed by atoms with Crippen LogP contribution in [-0.2, 0) is 9.47 Å². The van der Waals surface area contributed by atoms with Gasteiger partial charge < -0.3 is 14.8 Å². The fourth-order valence-corrected chi connectivity index (χ4v) is 0.950. The SMILES string of the molecule is CCCCOCCNCCOCC(F)(F)F. The van der Waals surface area contributed by atoms with Crippen molar-refractivity contribution in [1.82, 2.24) is 5.32 Å². The quantitative estimate of drug-likeness (QED) is 0.595. The molecule has 0 aromatic heterocycles. The molecule has 0 atom stereocenters. The highest BCUT2D eigenvalue weighted by molar-refractivity contribution is 4.48. The topological polar surface area (TPSA) is 30.5 Å². The van der Waals surface area contributed by atoms with Crippen LogP contribution in [0.1, 0.15) is 19.8 Å². The van der Waals surface area contributed by atoms with Crippen LogP contribution in [-0.4, -0.2) is 45.7 Å². The molecule has 0 rings (SSSR count). The molecule has 0 aliphatic carbocycles. The number of alkyl halides is 3. The average molecular weight is 243 g/mol. The summed E-state index contributed by atoms with van der Waals surface area (Å²) in [6.45, 7) is 3.34. The van der Waals surface area contributed by atoms with E-state index in [0.29, 0.717) is 19.7 Å². The Hall–Kier alpha value is -0.330. The van der Waals surface area contributed by atoms with E-state index in [4.69, 9.17) is 4.74 Å². The van der Waals surface area contributed by atoms with Crippen LogP contribution in [0.5, 0.6) is 0 Å². The molecule has 98 valence electrons. The maximum absolute atomic E-state index is 11.6. The van der Waals surface area contributed by atoms with Crippen molar-refractivity contribution in [3.63, 3.8) is 0 Å². The second-order valence-corrected chi connectivity index (χ2v) is 3.38. The smallest absolute Gasteiger partial charge is 0.380 e. The maximum Gasteiger partial charge on any atom is 0.411 e. The van der Waals surface area contributed by atoms with Crippen LogP contribution in [0.2, 0.25) is 0 Å². The molecule has 0 heterocycles. The summed E-state index contributed by atoms with van der Waals surface area (Å²) < 4.78 is 44.6. The molecule has 3 nitrogen and oxygen atoms in total. The van der Waals surface area contributed by atoms with E-state index < -0.39 is 12.8 Å². The number of nitrogens with one attached hydrogen (secondary N) is 1. The van der Waals surface area contributed by atoms with Gasteiger partial charge in [-0.25, -0.2) is 0 Å². The maximum atomic E-state index is 11.6. The first-order valence-corrected chi connectivity index (χ1v) is 5.49. The number of halogens is 3. The number of rotatable bonds is 10. The van der Waals surface area contributed by atoms with Gasteiger partial charge in [-0.05, 0) is 6.42 Å². The van der Waals surface area contributed by atoms with Crippen molar-refractivity contribution in [3.05, 3.63) is 0 Å². The minimum atomic E-state index is -4.23. The van der Waals surface area contributed by atoms with Gasteiger partial charge in [-0.1, -0.05) is 13.3 Å². The van der Waals surface area contributed by atoms with Crippen LogP contribution in [0.4, 0.5) is 13.2 Å². The molecule has 0 aliphatic heterocycles. The molecule has 0 aromatic carbocycles. The van der Waals surface area contributed by atoms with Crippen molar-refractivity contribution in [2.45, 2.75) is 25.9 Å². The highest BCUT2D eigenvalue weighted by Crippen LogP contribution is 2.13. The molecule has 0 unspecified atom stereocenters. The second-order valence-electron chi connectivity index (χ2n) is 3.38. The van der Waals surface area contributed by atoms with Crippen molar-refractivity contribution in [2.24, 2.45) is 0 Å². The lowest BCUT2D eigenvalue weighted by molar-refractivity contribution is -0.173. The molecule has 0 spiro atoms. The monoisotopic (exact) mass is 243 g/mol. The summed E-state index contributed by atoms with van der Waals surface area (Å²) in [5, 5.41) is 2.93. The average Bonchev–Trinajstić information content (AvgIpc) is 2.19. The highest BCUT2D eigenvalue weighted by Gasteiger charge is 2.27. The summed E-state index contributed by atoms with van der Waals surface area (Å²) in [5.74, 6) is 0. The predicted octanol–water partition coefficient (Wildman–Crippen LogP) is 1.97. The molecule has 0 fully saturated rings. The Morgan fingerprint density at radius 1 is 1.00 bits per heavy atom. The summed E-state index contributed by atoms with van der Waals surface area (Å²) in [6, 6.07) is 0. The molecule has 0 aromatic rings. The van der Waals surface area contributed by atoms with Crippen LogP contribution < -0.4 is 5.32 Å². The van der Waals surface area contributed by atoms with E-state index in [9.17, 15) is 13.2 Å². The zero-order valence-electron chi connectivity index (χ0n) is 9.61. The molecule has 1 N–H and O–H groups in total. The van der Waals surface area contributed by atoms with Gasteiger partial charge in [-0.3, -0.25) is 0 Å². The first kappa shape index (κ1) is 15.7. The third kappa shape index (κ3) is 13.7. The Balaban J connectivity index is 2.99. The summed E-state index contributed by atoms with van der Waals surface area (Å²) in [5.41, 5.74) is 0. The van der Waals surface area contributed by atoms with E-state index in [0.717, 1.165) is 19.4 Å². The summed E-state index contributed by atoms with van der Waals surface area (Å²) in [6.07, 6.45) is -2.10. The molecule has 0 saturated carbocycles. The lowest BCUT2D eigenvalue weighted by Gasteiger charge is -2.08. The van der Waals surface area contributed by atoms with Crippen LogP contribution in [0.15, 0.2) is 0 Å². The molecule has 0 aliphatic rings. The first-order chi connectivity index (χ1) is 7.56. The van der Waals surface area contributed by atoms with E-state index in [2.05, 4.69) is 17.0 Å². The largest absolute Gasteiger partial charge is 0.411 e. The molecule has 0 bridgehead atoms. The van der Waals surface area contributed by atoms with Gasteiger partial charge in [0.15, 0.2) is 0 Å². The Labute approximate surface area is 94.3 Å². The van der Waals surface area contributed by atoms with Gasteiger partial charge >= 0.3 is 6.18 Å². The van der Waals surface area contributed by atoms with Gasteiger partial charge in [-0.15, -0.1) is 0 Å². The van der Waals surface area contributed by atoms with Crippen LogP contribution in [0.3, 0.4) is 0 Å². The van der Waals surface area contributed by atoms with E-state index >= 15 is 0 Å². The van der Waals surface area contributed by atoms with Crippen molar-refractivity contribution < 1.29 is 22.6 Å². The lowest BCUT2D eigenvalue weighted by Crippen LogP contribution is -2.26. The fourth-order valence-electron chi connectivity index (χ4n) is 0.950. The molecule has 0 radical (unpaired) electrons. The number of unbranched alkanes of at least 4 members (excludes halogenated alkanes) is 1. The first-order valence-electron chi connectivity index (χ1n) is 5.49. The van der Waals surface area contributed by atoms with E-state index in [1.54, 1.807) is 0 Å². The molecule has 0 saturated heterocycles. The van der Waals surface area contributed by atoms with E-state index in [-0.39, 0.29) is 6.61 Å². The number of hydrogen-bond acceptors (Lipinski definition) is 3. The Morgan fingerprint density at radius 3 is 2.19 bits per heavy atom. The fraction of sp³-hybridized carbons (Fsp3) is 1.00. The molecular weight excluding hydrogens is 223 g/mol. The van der Waals surface area contributed by atoms with Gasteiger partial charge in [0.05, 0.1) is 13.2 Å². The lowest BCUT2D eigenvalue weighted by atomic mass is 10.4. The minimum Gasteiger partial charge on any atom is -0.380 e. The summed E-state index contributed by atoms with van der Waals surface area (Å²) in [7, 11) is 0. The number of ether oxygens (including phenoxy) is 2. The zero-order valence-corrected chi connectivity index (χ0v) is 9.61. The van der Waals surface area contributed by atoms with Crippen molar-refractivity contribution in [2.75, 3.05) is 39.5 Å². The third-order valence-electron chi connectivity index (χ3n) is 1.75. The highest BCUT2D eigenvalue weighted by atomic mass is 19.4. The van der Waals surface area contributed by atoms with Crippen molar-refractivity contribution in [1.29, 1.82) is 0 Å². The van der Waals surface area contributed by atoms with Crippen molar-refractivity contribution >= 4 is 0 Å². The zero-order chi connectivity index (χ0) is 12.3. The second kappa shape index (κ2) is 9.86. The third-order valence-corrected chi connectivity index (χ3v) is 1.75. The number of hydrogen-bond donors (Lipinski definition) is 1. The molecular formula is C10H20F3NO2. The van der Waals surface area contributed by atoms with Crippen LogP contribution in [0, 0.1) is 0 Å². The van der Waals surface area contributed by atoms with Crippen LogP contribution in [0.25, 0.3) is 0 Å². The minimum absolute atomic E-state index is 0.0640. The molecule has 0 amide bonds. The van der Waals surface area contributed by atoms with Gasteiger partial charge in [0.2, 0.25) is 0 Å². The van der Waals surface area contributed by atoms with Gasteiger partial charge in [0.25, 0.3) is 0 Å². The molecule has 16 heavy (non-hydrogen) atoms.